The van der Waals surface area contributed by atoms with Crippen LogP contribution in [0.3, 0.4) is 0 Å². The SMILES string of the molecule is O=C(CSCc1cc(-c2cccs2)on1)Nc1ccccc1O. The van der Waals surface area contributed by atoms with Crippen molar-refractivity contribution >= 4 is 34.7 Å². The van der Waals surface area contributed by atoms with E-state index in [4.69, 9.17) is 4.52 Å². The Bertz CT molecular complexity index is 784. The summed E-state index contributed by atoms with van der Waals surface area (Å²) in [6.07, 6.45) is 0. The second-order valence-electron chi connectivity index (χ2n) is 4.72. The zero-order valence-corrected chi connectivity index (χ0v) is 13.7. The second kappa shape index (κ2) is 7.34. The molecule has 2 N–H and O–H groups in total. The predicted molar refractivity (Wildman–Crippen MR) is 92.7 cm³/mol. The van der Waals surface area contributed by atoms with Gasteiger partial charge in [-0.15, -0.1) is 23.1 Å². The minimum atomic E-state index is -0.168. The number of carbonyl (C=O) groups excluding carboxylic acids is 1. The molecule has 5 nitrogen and oxygen atoms in total. The standard InChI is InChI=1S/C16H14N2O3S2/c19-13-5-2-1-4-12(13)17-16(20)10-22-9-11-8-14(21-18-11)15-6-3-7-23-15/h1-8,19H,9-10H2,(H,17,20). The summed E-state index contributed by atoms with van der Waals surface area (Å²) in [7, 11) is 0. The highest BCUT2D eigenvalue weighted by Gasteiger charge is 2.09. The van der Waals surface area contributed by atoms with Gasteiger partial charge in [-0.1, -0.05) is 23.4 Å². The topological polar surface area (TPSA) is 75.4 Å². The molecule has 7 heteroatoms. The Morgan fingerprint density at radius 2 is 2.17 bits per heavy atom. The molecule has 2 heterocycles. The monoisotopic (exact) mass is 346 g/mol. The Morgan fingerprint density at radius 3 is 2.96 bits per heavy atom. The molecule has 0 aliphatic rings. The Balaban J connectivity index is 1.48. The van der Waals surface area contributed by atoms with Crippen molar-refractivity contribution in [3.63, 3.8) is 0 Å². The van der Waals surface area contributed by atoms with Crippen LogP contribution in [0.4, 0.5) is 5.69 Å². The average molecular weight is 346 g/mol. The van der Waals surface area contributed by atoms with Gasteiger partial charge >= 0.3 is 0 Å². The summed E-state index contributed by atoms with van der Waals surface area (Å²) in [6.45, 7) is 0. The molecule has 1 amide bonds. The summed E-state index contributed by atoms with van der Waals surface area (Å²) in [4.78, 5) is 12.9. The van der Waals surface area contributed by atoms with Gasteiger partial charge in [0.05, 0.1) is 22.0 Å². The van der Waals surface area contributed by atoms with Crippen molar-refractivity contribution in [2.24, 2.45) is 0 Å². The molecule has 0 spiro atoms. The van der Waals surface area contributed by atoms with Crippen LogP contribution in [-0.4, -0.2) is 21.9 Å². The fraction of sp³-hybridized carbons (Fsp3) is 0.125. The number of phenols is 1. The fourth-order valence-corrected chi connectivity index (χ4v) is 3.31. The maximum Gasteiger partial charge on any atom is 0.234 e. The second-order valence-corrected chi connectivity index (χ2v) is 6.65. The number of nitrogens with zero attached hydrogens (tertiary/aromatic N) is 1. The molecule has 0 bridgehead atoms. The molecule has 1 aromatic carbocycles. The number of benzene rings is 1. The molecule has 0 saturated heterocycles. The highest BCUT2D eigenvalue weighted by molar-refractivity contribution is 7.99. The maximum atomic E-state index is 11.9. The number of phenolic OH excluding ortho intramolecular Hbond substituents is 1. The van der Waals surface area contributed by atoms with Crippen molar-refractivity contribution < 1.29 is 14.4 Å². The molecule has 0 radical (unpaired) electrons. The molecule has 3 rings (SSSR count). The zero-order valence-electron chi connectivity index (χ0n) is 12.1. The molecule has 0 atom stereocenters. The third-order valence-electron chi connectivity index (χ3n) is 2.98. The van der Waals surface area contributed by atoms with E-state index in [0.717, 1.165) is 16.3 Å². The van der Waals surface area contributed by atoms with Crippen LogP contribution in [0.1, 0.15) is 5.69 Å². The number of aromatic nitrogens is 1. The van der Waals surface area contributed by atoms with Crippen molar-refractivity contribution in [3.05, 3.63) is 53.5 Å². The predicted octanol–water partition coefficient (Wildman–Crippen LogP) is 3.98. The number of thioether (sulfide) groups is 1. The molecule has 23 heavy (non-hydrogen) atoms. The average Bonchev–Trinajstić information content (AvgIpc) is 3.20. The number of aromatic hydroxyl groups is 1. The zero-order chi connectivity index (χ0) is 16.1. The highest BCUT2D eigenvalue weighted by atomic mass is 32.2. The third-order valence-corrected chi connectivity index (χ3v) is 4.83. The summed E-state index contributed by atoms with van der Waals surface area (Å²) in [5.74, 6) is 1.49. The lowest BCUT2D eigenvalue weighted by molar-refractivity contribution is -0.113. The van der Waals surface area contributed by atoms with Crippen LogP contribution in [0.25, 0.3) is 10.6 Å². The van der Waals surface area contributed by atoms with Crippen LogP contribution in [0.15, 0.2) is 52.4 Å². The number of hydrogen-bond acceptors (Lipinski definition) is 6. The van der Waals surface area contributed by atoms with E-state index in [9.17, 15) is 9.90 Å². The quantitative estimate of drug-likeness (QED) is 0.660. The number of carbonyl (C=O) groups is 1. The van der Waals surface area contributed by atoms with Gasteiger partial charge in [-0.2, -0.15) is 0 Å². The number of nitrogens with one attached hydrogen (secondary N) is 1. The molecule has 3 aromatic rings. The lowest BCUT2D eigenvalue weighted by Crippen LogP contribution is -2.14. The van der Waals surface area contributed by atoms with E-state index in [1.807, 2.05) is 23.6 Å². The summed E-state index contributed by atoms with van der Waals surface area (Å²) in [6, 6.07) is 12.5. The first kappa shape index (κ1) is 15.6. The van der Waals surface area contributed by atoms with Gasteiger partial charge in [-0.3, -0.25) is 4.79 Å². The van der Waals surface area contributed by atoms with Crippen LogP contribution in [0, 0.1) is 0 Å². The number of para-hydroxylation sites is 2. The minimum Gasteiger partial charge on any atom is -0.506 e. The maximum absolute atomic E-state index is 11.9. The first-order valence-electron chi connectivity index (χ1n) is 6.87. The van der Waals surface area contributed by atoms with Crippen LogP contribution >= 0.6 is 23.1 Å². The molecule has 2 aromatic heterocycles. The van der Waals surface area contributed by atoms with Crippen LogP contribution < -0.4 is 5.32 Å². The Morgan fingerprint density at radius 1 is 1.30 bits per heavy atom. The van der Waals surface area contributed by atoms with Gasteiger partial charge in [0.15, 0.2) is 5.76 Å². The molecule has 0 saturated carbocycles. The van der Waals surface area contributed by atoms with Gasteiger partial charge in [0, 0.05) is 11.8 Å². The third kappa shape index (κ3) is 4.14. The first-order valence-corrected chi connectivity index (χ1v) is 8.91. The Hall–Kier alpha value is -2.25. The van der Waals surface area contributed by atoms with Gasteiger partial charge in [0.1, 0.15) is 5.75 Å². The van der Waals surface area contributed by atoms with E-state index < -0.39 is 0 Å². The van der Waals surface area contributed by atoms with Crippen LogP contribution in [0.2, 0.25) is 0 Å². The molecular formula is C16H14N2O3S2. The molecular weight excluding hydrogens is 332 g/mol. The van der Waals surface area contributed by atoms with Crippen molar-refractivity contribution in [2.45, 2.75) is 5.75 Å². The van der Waals surface area contributed by atoms with E-state index in [1.165, 1.54) is 17.8 Å². The smallest absolute Gasteiger partial charge is 0.234 e. The fourth-order valence-electron chi connectivity index (χ4n) is 1.93. The molecule has 0 unspecified atom stereocenters. The van der Waals surface area contributed by atoms with Gasteiger partial charge in [-0.05, 0) is 23.6 Å². The summed E-state index contributed by atoms with van der Waals surface area (Å²) in [5, 5.41) is 18.3. The number of hydrogen-bond donors (Lipinski definition) is 2. The van der Waals surface area contributed by atoms with Crippen molar-refractivity contribution in [1.82, 2.24) is 5.16 Å². The van der Waals surface area contributed by atoms with Crippen molar-refractivity contribution in [1.29, 1.82) is 0 Å². The van der Waals surface area contributed by atoms with Gasteiger partial charge in [0.2, 0.25) is 5.91 Å². The van der Waals surface area contributed by atoms with Crippen LogP contribution in [-0.2, 0) is 10.5 Å². The molecule has 0 aliphatic heterocycles. The summed E-state index contributed by atoms with van der Waals surface area (Å²) in [5.41, 5.74) is 1.22. The lowest BCUT2D eigenvalue weighted by Gasteiger charge is -2.06. The number of anilines is 1. The number of thiophene rings is 1. The molecule has 118 valence electrons. The minimum absolute atomic E-state index is 0.0583. The Labute approximate surface area is 141 Å². The Kier molecular flexibility index (Phi) is 4.99. The largest absolute Gasteiger partial charge is 0.506 e. The van der Waals surface area contributed by atoms with Gasteiger partial charge in [0.25, 0.3) is 0 Å². The summed E-state index contributed by atoms with van der Waals surface area (Å²) >= 11 is 3.03. The highest BCUT2D eigenvalue weighted by Crippen LogP contribution is 2.26. The van der Waals surface area contributed by atoms with E-state index in [-0.39, 0.29) is 17.4 Å². The first-order chi connectivity index (χ1) is 11.2. The normalized spacial score (nSPS) is 10.6. The van der Waals surface area contributed by atoms with Crippen molar-refractivity contribution in [3.8, 4) is 16.4 Å². The van der Waals surface area contributed by atoms with E-state index in [0.29, 0.717) is 11.4 Å². The van der Waals surface area contributed by atoms with Gasteiger partial charge in [-0.25, -0.2) is 0 Å². The molecule has 0 aliphatic carbocycles. The van der Waals surface area contributed by atoms with E-state index in [1.54, 1.807) is 29.5 Å². The summed E-state index contributed by atoms with van der Waals surface area (Å²) < 4.78 is 5.29. The van der Waals surface area contributed by atoms with Crippen LogP contribution in [0.5, 0.6) is 5.75 Å². The number of rotatable bonds is 6. The van der Waals surface area contributed by atoms with E-state index in [2.05, 4.69) is 10.5 Å². The molecule has 0 fully saturated rings. The van der Waals surface area contributed by atoms with Crippen molar-refractivity contribution in [2.75, 3.05) is 11.1 Å². The van der Waals surface area contributed by atoms with E-state index >= 15 is 0 Å². The van der Waals surface area contributed by atoms with Gasteiger partial charge < -0.3 is 14.9 Å². The lowest BCUT2D eigenvalue weighted by atomic mass is 10.3. The number of amides is 1.